The fraction of sp³-hybridized carbons (Fsp3) is 0. The van der Waals surface area contributed by atoms with Crippen LogP contribution in [0.1, 0.15) is 15.9 Å². The zero-order valence-corrected chi connectivity index (χ0v) is 12.8. The highest BCUT2D eigenvalue weighted by atomic mass is 16.3. The normalized spacial score (nSPS) is 10.7. The van der Waals surface area contributed by atoms with E-state index in [-0.39, 0.29) is 5.78 Å². The van der Waals surface area contributed by atoms with Crippen LogP contribution < -0.4 is 0 Å². The number of hydrogen-bond acceptors (Lipinski definition) is 3. The number of benzene rings is 2. The maximum absolute atomic E-state index is 12.7. The number of nitrogens with zero attached hydrogens (tertiary/aromatic N) is 1. The first-order valence-corrected chi connectivity index (χ1v) is 7.60. The third-order valence-corrected chi connectivity index (χ3v) is 3.86. The van der Waals surface area contributed by atoms with Crippen LogP contribution in [0.25, 0.3) is 22.7 Å². The summed E-state index contributed by atoms with van der Waals surface area (Å²) in [7, 11) is 0. The first-order valence-electron chi connectivity index (χ1n) is 7.60. The van der Waals surface area contributed by atoms with E-state index in [1.165, 1.54) is 0 Å². The molecule has 0 unspecified atom stereocenters. The van der Waals surface area contributed by atoms with Gasteiger partial charge >= 0.3 is 0 Å². The summed E-state index contributed by atoms with van der Waals surface area (Å²) in [6.45, 7) is 0. The Kier molecular flexibility index (Phi) is 3.56. The van der Waals surface area contributed by atoms with Crippen molar-refractivity contribution in [3.8, 4) is 22.7 Å². The van der Waals surface area contributed by atoms with E-state index in [4.69, 9.17) is 4.42 Å². The Morgan fingerprint density at radius 2 is 1.79 bits per heavy atom. The van der Waals surface area contributed by atoms with Crippen LogP contribution >= 0.6 is 0 Å². The summed E-state index contributed by atoms with van der Waals surface area (Å²) < 4.78 is 5.55. The van der Waals surface area contributed by atoms with Gasteiger partial charge in [-0.05, 0) is 24.3 Å². The molecule has 4 heteroatoms. The van der Waals surface area contributed by atoms with Gasteiger partial charge in [-0.2, -0.15) is 0 Å². The fourth-order valence-electron chi connectivity index (χ4n) is 2.70. The van der Waals surface area contributed by atoms with Crippen LogP contribution in [0.15, 0.2) is 83.7 Å². The summed E-state index contributed by atoms with van der Waals surface area (Å²) in [6, 6.07) is 18.5. The van der Waals surface area contributed by atoms with Gasteiger partial charge in [-0.3, -0.25) is 4.79 Å². The lowest BCUT2D eigenvalue weighted by atomic mass is 9.96. The van der Waals surface area contributed by atoms with Crippen LogP contribution in [-0.4, -0.2) is 15.8 Å². The van der Waals surface area contributed by atoms with Crippen molar-refractivity contribution in [2.75, 3.05) is 0 Å². The molecule has 0 spiro atoms. The molecule has 4 rings (SSSR count). The SMILES string of the molecule is O=C(c1ccccc1)c1ccc(-c2ncc[nH]2)c(-c2ccco2)c1. The number of aromatic nitrogens is 2. The van der Waals surface area contributed by atoms with Crippen molar-refractivity contribution >= 4 is 5.78 Å². The van der Waals surface area contributed by atoms with Crippen LogP contribution in [0.5, 0.6) is 0 Å². The van der Waals surface area contributed by atoms with Gasteiger partial charge < -0.3 is 9.40 Å². The van der Waals surface area contributed by atoms with E-state index in [2.05, 4.69) is 9.97 Å². The summed E-state index contributed by atoms with van der Waals surface area (Å²) in [5, 5.41) is 0. The molecule has 2 aromatic heterocycles. The Balaban J connectivity index is 1.84. The highest BCUT2D eigenvalue weighted by Crippen LogP contribution is 2.32. The third kappa shape index (κ3) is 2.54. The molecule has 1 N–H and O–H groups in total. The second-order valence-corrected chi connectivity index (χ2v) is 5.37. The molecule has 0 fully saturated rings. The minimum atomic E-state index is -0.0191. The Morgan fingerprint density at radius 1 is 0.917 bits per heavy atom. The molecule has 0 bridgehead atoms. The lowest BCUT2D eigenvalue weighted by Crippen LogP contribution is -2.01. The summed E-state index contributed by atoms with van der Waals surface area (Å²) in [5.41, 5.74) is 2.99. The van der Waals surface area contributed by atoms with Crippen molar-refractivity contribution in [3.05, 3.63) is 90.4 Å². The number of aromatic amines is 1. The average molecular weight is 314 g/mol. The predicted octanol–water partition coefficient (Wildman–Crippen LogP) is 4.57. The van der Waals surface area contributed by atoms with Crippen molar-refractivity contribution in [3.63, 3.8) is 0 Å². The van der Waals surface area contributed by atoms with Crippen molar-refractivity contribution in [1.29, 1.82) is 0 Å². The molecule has 2 heterocycles. The van der Waals surface area contributed by atoms with Gasteiger partial charge in [0.2, 0.25) is 0 Å². The first kappa shape index (κ1) is 14.2. The van der Waals surface area contributed by atoms with E-state index >= 15 is 0 Å². The molecule has 0 saturated heterocycles. The fourth-order valence-corrected chi connectivity index (χ4v) is 2.70. The lowest BCUT2D eigenvalue weighted by Gasteiger charge is -2.08. The van der Waals surface area contributed by atoms with Crippen LogP contribution in [0.4, 0.5) is 0 Å². The van der Waals surface area contributed by atoms with E-state index in [0.29, 0.717) is 16.9 Å². The molecule has 0 aliphatic carbocycles. The number of H-pyrrole nitrogens is 1. The molecule has 0 aliphatic heterocycles. The number of furan rings is 1. The molecule has 0 aliphatic rings. The highest BCUT2D eigenvalue weighted by Gasteiger charge is 2.16. The van der Waals surface area contributed by atoms with Crippen molar-refractivity contribution in [2.24, 2.45) is 0 Å². The van der Waals surface area contributed by atoms with Crippen LogP contribution in [0.2, 0.25) is 0 Å². The van der Waals surface area contributed by atoms with Crippen LogP contribution in [0, 0.1) is 0 Å². The molecular formula is C20H14N2O2. The van der Waals surface area contributed by atoms with Gasteiger partial charge in [-0.25, -0.2) is 4.98 Å². The number of imidazole rings is 1. The molecular weight excluding hydrogens is 300 g/mol. The molecule has 0 saturated carbocycles. The Hall–Kier alpha value is -3.40. The number of carbonyl (C=O) groups excluding carboxylic acids is 1. The van der Waals surface area contributed by atoms with E-state index in [1.807, 2.05) is 60.7 Å². The summed E-state index contributed by atoms with van der Waals surface area (Å²) in [5.74, 6) is 1.42. The van der Waals surface area contributed by atoms with Gasteiger partial charge in [0, 0.05) is 34.6 Å². The maximum atomic E-state index is 12.7. The van der Waals surface area contributed by atoms with Gasteiger partial charge in [0.15, 0.2) is 5.78 Å². The molecule has 0 amide bonds. The molecule has 4 nitrogen and oxygen atoms in total. The Morgan fingerprint density at radius 3 is 2.50 bits per heavy atom. The highest BCUT2D eigenvalue weighted by molar-refractivity contribution is 6.10. The lowest BCUT2D eigenvalue weighted by molar-refractivity contribution is 0.103. The predicted molar refractivity (Wildman–Crippen MR) is 91.6 cm³/mol. The second-order valence-electron chi connectivity index (χ2n) is 5.37. The third-order valence-electron chi connectivity index (χ3n) is 3.86. The summed E-state index contributed by atoms with van der Waals surface area (Å²) in [4.78, 5) is 20.1. The Labute approximate surface area is 138 Å². The standard InChI is InChI=1S/C20H14N2O2/c23-19(14-5-2-1-3-6-14)15-8-9-16(20-21-10-11-22-20)17(13-15)18-7-4-12-24-18/h1-13H,(H,21,22). The van der Waals surface area contributed by atoms with Crippen LogP contribution in [-0.2, 0) is 0 Å². The minimum absolute atomic E-state index is 0.0191. The number of hydrogen-bond donors (Lipinski definition) is 1. The minimum Gasteiger partial charge on any atom is -0.464 e. The average Bonchev–Trinajstić information content (AvgIpc) is 3.35. The molecule has 0 atom stereocenters. The van der Waals surface area contributed by atoms with E-state index in [0.717, 1.165) is 17.0 Å². The summed E-state index contributed by atoms with van der Waals surface area (Å²) in [6.07, 6.45) is 5.08. The second kappa shape index (κ2) is 6.01. The maximum Gasteiger partial charge on any atom is 0.193 e. The van der Waals surface area contributed by atoms with Gasteiger partial charge in [-0.15, -0.1) is 0 Å². The number of carbonyl (C=O) groups is 1. The topological polar surface area (TPSA) is 58.9 Å². The summed E-state index contributed by atoms with van der Waals surface area (Å²) >= 11 is 0. The number of ketones is 1. The van der Waals surface area contributed by atoms with Gasteiger partial charge in [-0.1, -0.05) is 36.4 Å². The van der Waals surface area contributed by atoms with Gasteiger partial charge in [0.25, 0.3) is 0 Å². The molecule has 4 aromatic rings. The molecule has 116 valence electrons. The monoisotopic (exact) mass is 314 g/mol. The van der Waals surface area contributed by atoms with E-state index in [1.54, 1.807) is 18.7 Å². The van der Waals surface area contributed by atoms with Crippen LogP contribution in [0.3, 0.4) is 0 Å². The van der Waals surface area contributed by atoms with Crippen molar-refractivity contribution in [1.82, 2.24) is 9.97 Å². The molecule has 24 heavy (non-hydrogen) atoms. The molecule has 0 radical (unpaired) electrons. The van der Waals surface area contributed by atoms with E-state index in [9.17, 15) is 4.79 Å². The zero-order chi connectivity index (χ0) is 16.4. The number of nitrogens with one attached hydrogen (secondary N) is 1. The molecule has 2 aromatic carbocycles. The zero-order valence-electron chi connectivity index (χ0n) is 12.8. The smallest absolute Gasteiger partial charge is 0.193 e. The van der Waals surface area contributed by atoms with Gasteiger partial charge in [0.1, 0.15) is 11.6 Å². The van der Waals surface area contributed by atoms with Gasteiger partial charge in [0.05, 0.1) is 6.26 Å². The van der Waals surface area contributed by atoms with Crippen molar-refractivity contribution < 1.29 is 9.21 Å². The van der Waals surface area contributed by atoms with Crippen molar-refractivity contribution in [2.45, 2.75) is 0 Å². The van der Waals surface area contributed by atoms with E-state index < -0.39 is 0 Å². The quantitative estimate of drug-likeness (QED) is 0.561. The first-order chi connectivity index (χ1) is 11.8. The largest absolute Gasteiger partial charge is 0.464 e. The Bertz CT molecular complexity index is 956. The number of rotatable bonds is 4.